The summed E-state index contributed by atoms with van der Waals surface area (Å²) in [6.07, 6.45) is 0. The Morgan fingerprint density at radius 3 is 2.32 bits per heavy atom. The van der Waals surface area contributed by atoms with Crippen molar-refractivity contribution in [1.82, 2.24) is 10.6 Å². The summed E-state index contributed by atoms with van der Waals surface area (Å²) in [4.78, 5) is 34.5. The molecule has 2 rings (SSSR count). The van der Waals surface area contributed by atoms with Crippen LogP contribution in [0.4, 0.5) is 4.39 Å². The van der Waals surface area contributed by atoms with Crippen molar-refractivity contribution >= 4 is 17.7 Å². The molecule has 0 aliphatic heterocycles. The molecule has 0 aromatic heterocycles. The molecule has 4 N–H and O–H groups in total. The number of nitrogens with two attached hydrogens (primary N) is 1. The lowest BCUT2D eigenvalue weighted by atomic mass is 10.1. The van der Waals surface area contributed by atoms with E-state index in [2.05, 4.69) is 10.6 Å². The average Bonchev–Trinajstić information content (AvgIpc) is 2.60. The van der Waals surface area contributed by atoms with Gasteiger partial charge in [0.2, 0.25) is 5.91 Å². The average molecular weight is 343 g/mol. The fourth-order valence-corrected chi connectivity index (χ4v) is 2.16. The van der Waals surface area contributed by atoms with Gasteiger partial charge in [-0.3, -0.25) is 14.4 Å². The quantitative estimate of drug-likeness (QED) is 0.736. The van der Waals surface area contributed by atoms with Gasteiger partial charge in [-0.1, -0.05) is 18.2 Å². The van der Waals surface area contributed by atoms with Crippen molar-refractivity contribution in [3.05, 3.63) is 70.5 Å². The van der Waals surface area contributed by atoms with Gasteiger partial charge in [-0.2, -0.15) is 0 Å². The Kier molecular flexibility index (Phi) is 5.84. The Morgan fingerprint density at radius 2 is 1.68 bits per heavy atom. The zero-order valence-electron chi connectivity index (χ0n) is 13.6. The normalized spacial score (nSPS) is 10.2. The SMILES string of the molecule is Cc1ccc(F)cc1C(=O)NCc1ccc(C(=O)NCC(N)=O)cc1. The molecule has 0 saturated carbocycles. The number of nitrogens with one attached hydrogen (secondary N) is 2. The van der Waals surface area contributed by atoms with Gasteiger partial charge >= 0.3 is 0 Å². The zero-order valence-corrected chi connectivity index (χ0v) is 13.6. The second-order valence-corrected chi connectivity index (χ2v) is 5.49. The van der Waals surface area contributed by atoms with Gasteiger partial charge in [-0.15, -0.1) is 0 Å². The number of benzene rings is 2. The zero-order chi connectivity index (χ0) is 18.4. The molecule has 0 unspecified atom stereocenters. The molecule has 0 spiro atoms. The molecule has 3 amide bonds. The first-order chi connectivity index (χ1) is 11.9. The van der Waals surface area contributed by atoms with Crippen molar-refractivity contribution in [2.45, 2.75) is 13.5 Å². The van der Waals surface area contributed by atoms with E-state index < -0.39 is 17.6 Å². The predicted molar refractivity (Wildman–Crippen MR) is 90.3 cm³/mol. The fourth-order valence-electron chi connectivity index (χ4n) is 2.16. The minimum Gasteiger partial charge on any atom is -0.368 e. The van der Waals surface area contributed by atoms with Gasteiger partial charge in [-0.25, -0.2) is 4.39 Å². The number of carbonyl (C=O) groups is 3. The summed E-state index contributed by atoms with van der Waals surface area (Å²) in [6.45, 7) is 1.73. The molecule has 0 bridgehead atoms. The summed E-state index contributed by atoms with van der Waals surface area (Å²) in [7, 11) is 0. The Balaban J connectivity index is 1.95. The molecule has 0 aliphatic rings. The summed E-state index contributed by atoms with van der Waals surface area (Å²) in [6, 6.07) is 10.5. The maximum atomic E-state index is 13.3. The van der Waals surface area contributed by atoms with Crippen LogP contribution in [-0.2, 0) is 11.3 Å². The van der Waals surface area contributed by atoms with E-state index in [0.29, 0.717) is 11.1 Å². The van der Waals surface area contributed by atoms with Gasteiger partial charge in [0.25, 0.3) is 11.8 Å². The highest BCUT2D eigenvalue weighted by atomic mass is 19.1. The van der Waals surface area contributed by atoms with Crippen LogP contribution >= 0.6 is 0 Å². The van der Waals surface area contributed by atoms with Crippen LogP contribution < -0.4 is 16.4 Å². The van der Waals surface area contributed by atoms with Crippen LogP contribution in [0.15, 0.2) is 42.5 Å². The first kappa shape index (κ1) is 18.1. The second-order valence-electron chi connectivity index (χ2n) is 5.49. The Hall–Kier alpha value is -3.22. The van der Waals surface area contributed by atoms with E-state index in [1.807, 2.05) is 0 Å². The van der Waals surface area contributed by atoms with Crippen molar-refractivity contribution in [3.63, 3.8) is 0 Å². The molecule has 0 saturated heterocycles. The van der Waals surface area contributed by atoms with E-state index in [9.17, 15) is 18.8 Å². The predicted octanol–water partition coefficient (Wildman–Crippen LogP) is 1.28. The monoisotopic (exact) mass is 343 g/mol. The van der Waals surface area contributed by atoms with E-state index in [1.165, 1.54) is 12.1 Å². The number of hydrogen-bond donors (Lipinski definition) is 3. The van der Waals surface area contributed by atoms with Gasteiger partial charge < -0.3 is 16.4 Å². The summed E-state index contributed by atoms with van der Waals surface area (Å²) in [5.74, 6) is -1.88. The van der Waals surface area contributed by atoms with E-state index in [1.54, 1.807) is 37.3 Å². The van der Waals surface area contributed by atoms with E-state index in [4.69, 9.17) is 5.73 Å². The third-order valence-electron chi connectivity index (χ3n) is 3.54. The second kappa shape index (κ2) is 8.05. The number of primary amides is 1. The van der Waals surface area contributed by atoms with Crippen LogP contribution in [0.5, 0.6) is 0 Å². The van der Waals surface area contributed by atoms with Crippen LogP contribution in [-0.4, -0.2) is 24.3 Å². The van der Waals surface area contributed by atoms with Crippen molar-refractivity contribution in [2.75, 3.05) is 6.54 Å². The fraction of sp³-hybridized carbons (Fsp3) is 0.167. The first-order valence-electron chi connectivity index (χ1n) is 7.56. The molecule has 0 heterocycles. The molecule has 130 valence electrons. The lowest BCUT2D eigenvalue weighted by Crippen LogP contribution is -2.33. The summed E-state index contributed by atoms with van der Waals surface area (Å²) in [5.41, 5.74) is 7.07. The number of aryl methyl sites for hydroxylation is 1. The van der Waals surface area contributed by atoms with E-state index >= 15 is 0 Å². The third kappa shape index (κ3) is 5.13. The molecule has 0 radical (unpaired) electrons. The van der Waals surface area contributed by atoms with E-state index in [-0.39, 0.29) is 24.6 Å². The van der Waals surface area contributed by atoms with Crippen molar-refractivity contribution < 1.29 is 18.8 Å². The molecule has 2 aromatic rings. The van der Waals surface area contributed by atoms with Crippen molar-refractivity contribution in [1.29, 1.82) is 0 Å². The molecule has 0 aliphatic carbocycles. The van der Waals surface area contributed by atoms with E-state index in [0.717, 1.165) is 5.56 Å². The number of carbonyl (C=O) groups excluding carboxylic acids is 3. The van der Waals surface area contributed by atoms with Crippen molar-refractivity contribution in [2.24, 2.45) is 5.73 Å². The standard InChI is InChI=1S/C18H18FN3O3/c1-11-2-7-14(19)8-15(11)18(25)21-9-12-3-5-13(6-4-12)17(24)22-10-16(20)23/h2-8H,9-10H2,1H3,(H2,20,23)(H,21,25)(H,22,24). The number of halogens is 1. The maximum absolute atomic E-state index is 13.3. The largest absolute Gasteiger partial charge is 0.368 e. The first-order valence-corrected chi connectivity index (χ1v) is 7.56. The van der Waals surface area contributed by atoms with Crippen LogP contribution in [0.1, 0.15) is 31.8 Å². The summed E-state index contributed by atoms with van der Waals surface area (Å²) < 4.78 is 13.3. The lowest BCUT2D eigenvalue weighted by Gasteiger charge is -2.09. The maximum Gasteiger partial charge on any atom is 0.251 e. The van der Waals surface area contributed by atoms with Crippen LogP contribution in [0.2, 0.25) is 0 Å². The van der Waals surface area contributed by atoms with Crippen LogP contribution in [0.3, 0.4) is 0 Å². The number of amides is 3. The van der Waals surface area contributed by atoms with Gasteiger partial charge in [0.05, 0.1) is 6.54 Å². The van der Waals surface area contributed by atoms with Gasteiger partial charge in [-0.05, 0) is 42.3 Å². The smallest absolute Gasteiger partial charge is 0.251 e. The minimum absolute atomic E-state index is 0.233. The summed E-state index contributed by atoms with van der Waals surface area (Å²) in [5, 5.41) is 5.09. The molecule has 0 atom stereocenters. The molecular weight excluding hydrogens is 325 g/mol. The molecule has 25 heavy (non-hydrogen) atoms. The van der Waals surface area contributed by atoms with Gasteiger partial charge in [0.1, 0.15) is 5.82 Å². The van der Waals surface area contributed by atoms with Crippen LogP contribution in [0.25, 0.3) is 0 Å². The lowest BCUT2D eigenvalue weighted by molar-refractivity contribution is -0.117. The molecule has 6 nitrogen and oxygen atoms in total. The molecular formula is C18H18FN3O3. The Morgan fingerprint density at radius 1 is 1.00 bits per heavy atom. The molecule has 0 fully saturated rings. The summed E-state index contributed by atoms with van der Waals surface area (Å²) >= 11 is 0. The topological polar surface area (TPSA) is 101 Å². The minimum atomic E-state index is -0.625. The molecule has 7 heteroatoms. The third-order valence-corrected chi connectivity index (χ3v) is 3.54. The highest BCUT2D eigenvalue weighted by molar-refractivity contribution is 5.96. The number of hydrogen-bond acceptors (Lipinski definition) is 3. The Bertz CT molecular complexity index is 804. The van der Waals surface area contributed by atoms with Crippen LogP contribution in [0, 0.1) is 12.7 Å². The Labute approximate surface area is 144 Å². The number of rotatable bonds is 6. The highest BCUT2D eigenvalue weighted by Crippen LogP contribution is 2.11. The van der Waals surface area contributed by atoms with Gasteiger partial charge in [0, 0.05) is 17.7 Å². The molecule has 2 aromatic carbocycles. The highest BCUT2D eigenvalue weighted by Gasteiger charge is 2.10. The van der Waals surface area contributed by atoms with Gasteiger partial charge in [0.15, 0.2) is 0 Å². The van der Waals surface area contributed by atoms with Crippen molar-refractivity contribution in [3.8, 4) is 0 Å².